The molecule has 1 amide bonds. The molecule has 2 N–H and O–H groups in total. The molecule has 0 unspecified atom stereocenters. The highest BCUT2D eigenvalue weighted by Gasteiger charge is 2.25. The van der Waals surface area contributed by atoms with Gasteiger partial charge in [0.25, 0.3) is 0 Å². The van der Waals surface area contributed by atoms with Gasteiger partial charge in [-0.25, -0.2) is 0 Å². The van der Waals surface area contributed by atoms with Crippen LogP contribution in [0, 0.1) is 0 Å². The molecule has 1 heterocycles. The van der Waals surface area contributed by atoms with Gasteiger partial charge in [0.05, 0.1) is 6.04 Å². The van der Waals surface area contributed by atoms with Crippen molar-refractivity contribution in [1.29, 1.82) is 0 Å². The third-order valence-corrected chi connectivity index (χ3v) is 3.28. The molecule has 1 aliphatic rings. The Kier molecular flexibility index (Phi) is 9.25. The van der Waals surface area contributed by atoms with E-state index >= 15 is 0 Å². The van der Waals surface area contributed by atoms with Gasteiger partial charge >= 0.3 is 0 Å². The first-order valence-electron chi connectivity index (χ1n) is 5.62. The van der Waals surface area contributed by atoms with Crippen molar-refractivity contribution in [3.05, 3.63) is 0 Å². The standard InChI is InChI=1S/C11H23N3O.2ClH/c1-11(2,14(3)4)8-13-10(15)9-6-5-7-12-9;;/h9,12H,5-8H2,1-4H3,(H,13,15);2*1H/t9-;;/m0../s1. The second kappa shape index (κ2) is 8.14. The van der Waals surface area contributed by atoms with Crippen molar-refractivity contribution < 1.29 is 4.79 Å². The average molecular weight is 286 g/mol. The largest absolute Gasteiger partial charge is 0.353 e. The lowest BCUT2D eigenvalue weighted by atomic mass is 10.0. The van der Waals surface area contributed by atoms with Crippen LogP contribution in [0.5, 0.6) is 0 Å². The number of carbonyl (C=O) groups excluding carboxylic acids is 1. The monoisotopic (exact) mass is 285 g/mol. The predicted octanol–water partition coefficient (Wildman–Crippen LogP) is 1.04. The van der Waals surface area contributed by atoms with Crippen LogP contribution in [0.15, 0.2) is 0 Å². The summed E-state index contributed by atoms with van der Waals surface area (Å²) in [6.07, 6.45) is 2.07. The molecule has 0 bridgehead atoms. The zero-order chi connectivity index (χ0) is 11.5. The molecule has 0 aromatic carbocycles. The van der Waals surface area contributed by atoms with Crippen molar-refractivity contribution >= 4 is 30.7 Å². The highest BCUT2D eigenvalue weighted by molar-refractivity contribution is 5.85. The molecule has 0 aromatic rings. The first-order valence-corrected chi connectivity index (χ1v) is 5.62. The number of nitrogens with zero attached hydrogens (tertiary/aromatic N) is 1. The lowest BCUT2D eigenvalue weighted by molar-refractivity contribution is -0.123. The molecule has 0 aliphatic carbocycles. The van der Waals surface area contributed by atoms with Crippen molar-refractivity contribution in [3.63, 3.8) is 0 Å². The van der Waals surface area contributed by atoms with Crippen LogP contribution in [0.3, 0.4) is 0 Å². The van der Waals surface area contributed by atoms with Crippen LogP contribution >= 0.6 is 24.8 Å². The quantitative estimate of drug-likeness (QED) is 0.811. The van der Waals surface area contributed by atoms with E-state index in [-0.39, 0.29) is 42.3 Å². The number of carbonyl (C=O) groups is 1. The summed E-state index contributed by atoms with van der Waals surface area (Å²) in [5.74, 6) is 0.141. The van der Waals surface area contributed by atoms with Crippen LogP contribution < -0.4 is 10.6 Å². The number of likely N-dealkylation sites (N-methyl/N-ethyl adjacent to an activating group) is 1. The molecule has 1 saturated heterocycles. The maximum atomic E-state index is 11.7. The summed E-state index contributed by atoms with van der Waals surface area (Å²) in [5.41, 5.74) is 0.00820. The molecule has 1 rings (SSSR count). The summed E-state index contributed by atoms with van der Waals surface area (Å²) in [6.45, 7) is 5.90. The molecule has 17 heavy (non-hydrogen) atoms. The maximum Gasteiger partial charge on any atom is 0.237 e. The third kappa shape index (κ3) is 5.91. The minimum absolute atomic E-state index is 0. The molecule has 0 aromatic heterocycles. The van der Waals surface area contributed by atoms with Crippen LogP contribution in [0.4, 0.5) is 0 Å². The Balaban J connectivity index is 0. The number of amides is 1. The Morgan fingerprint density at radius 2 is 2.00 bits per heavy atom. The van der Waals surface area contributed by atoms with Crippen LogP contribution in [0.1, 0.15) is 26.7 Å². The maximum absolute atomic E-state index is 11.7. The molecule has 0 radical (unpaired) electrons. The van der Waals surface area contributed by atoms with Crippen LogP contribution in [-0.2, 0) is 4.79 Å². The van der Waals surface area contributed by atoms with E-state index in [0.29, 0.717) is 6.54 Å². The first kappa shape index (κ1) is 19.3. The van der Waals surface area contributed by atoms with Gasteiger partial charge in [-0.1, -0.05) is 0 Å². The van der Waals surface area contributed by atoms with Gasteiger partial charge in [-0.2, -0.15) is 0 Å². The lowest BCUT2D eigenvalue weighted by Crippen LogP contribution is -2.51. The Labute approximate surface area is 117 Å². The molecule has 1 fully saturated rings. The van der Waals surface area contributed by atoms with E-state index in [1.54, 1.807) is 0 Å². The number of rotatable bonds is 4. The first-order chi connectivity index (χ1) is 6.93. The third-order valence-electron chi connectivity index (χ3n) is 3.28. The van der Waals surface area contributed by atoms with Gasteiger partial charge in [0.2, 0.25) is 5.91 Å². The Bertz CT molecular complexity index is 229. The van der Waals surface area contributed by atoms with Gasteiger partial charge < -0.3 is 15.5 Å². The summed E-state index contributed by atoms with van der Waals surface area (Å²) < 4.78 is 0. The second-order valence-corrected chi connectivity index (χ2v) is 5.07. The SMILES string of the molecule is CN(C)C(C)(C)CNC(=O)[C@@H]1CCCN1.Cl.Cl. The summed E-state index contributed by atoms with van der Waals surface area (Å²) in [4.78, 5) is 13.8. The van der Waals surface area contributed by atoms with Gasteiger partial charge in [-0.05, 0) is 47.3 Å². The minimum atomic E-state index is 0. The number of hydrogen-bond donors (Lipinski definition) is 2. The fourth-order valence-electron chi connectivity index (χ4n) is 1.49. The molecule has 1 atom stereocenters. The van der Waals surface area contributed by atoms with Crippen molar-refractivity contribution in [3.8, 4) is 0 Å². The van der Waals surface area contributed by atoms with Crippen LogP contribution in [0.25, 0.3) is 0 Å². The zero-order valence-corrected chi connectivity index (χ0v) is 12.7. The molecular weight excluding hydrogens is 261 g/mol. The highest BCUT2D eigenvalue weighted by Crippen LogP contribution is 2.09. The number of nitrogens with one attached hydrogen (secondary N) is 2. The summed E-state index contributed by atoms with van der Waals surface area (Å²) >= 11 is 0. The Morgan fingerprint density at radius 3 is 2.41 bits per heavy atom. The van der Waals surface area contributed by atoms with E-state index in [4.69, 9.17) is 0 Å². The van der Waals surface area contributed by atoms with E-state index in [9.17, 15) is 4.79 Å². The second-order valence-electron chi connectivity index (χ2n) is 5.07. The molecule has 0 saturated carbocycles. The van der Waals surface area contributed by atoms with E-state index in [1.807, 2.05) is 14.1 Å². The van der Waals surface area contributed by atoms with Gasteiger partial charge in [-0.15, -0.1) is 24.8 Å². The smallest absolute Gasteiger partial charge is 0.237 e. The van der Waals surface area contributed by atoms with E-state index in [0.717, 1.165) is 19.4 Å². The molecule has 4 nitrogen and oxygen atoms in total. The lowest BCUT2D eigenvalue weighted by Gasteiger charge is -2.33. The minimum Gasteiger partial charge on any atom is -0.353 e. The molecular formula is C11H25Cl2N3O. The van der Waals surface area contributed by atoms with Crippen molar-refractivity contribution in [2.45, 2.75) is 38.3 Å². The summed E-state index contributed by atoms with van der Waals surface area (Å²) in [5, 5.41) is 6.20. The van der Waals surface area contributed by atoms with E-state index < -0.39 is 0 Å². The van der Waals surface area contributed by atoms with Crippen LogP contribution in [0.2, 0.25) is 0 Å². The average Bonchev–Trinajstić information content (AvgIpc) is 2.66. The van der Waals surface area contributed by atoms with Gasteiger partial charge in [0, 0.05) is 12.1 Å². The van der Waals surface area contributed by atoms with Gasteiger partial charge in [0.15, 0.2) is 0 Å². The Morgan fingerprint density at radius 1 is 1.41 bits per heavy atom. The van der Waals surface area contributed by atoms with Crippen molar-refractivity contribution in [1.82, 2.24) is 15.5 Å². The number of halogens is 2. The molecule has 6 heteroatoms. The normalized spacial score (nSPS) is 19.5. The van der Waals surface area contributed by atoms with Gasteiger partial charge in [0.1, 0.15) is 0 Å². The summed E-state index contributed by atoms with van der Waals surface area (Å²) in [6, 6.07) is 0.0305. The fourth-order valence-corrected chi connectivity index (χ4v) is 1.49. The van der Waals surface area contributed by atoms with Gasteiger partial charge in [-0.3, -0.25) is 4.79 Å². The topological polar surface area (TPSA) is 44.4 Å². The molecule has 104 valence electrons. The fraction of sp³-hybridized carbons (Fsp3) is 0.909. The van der Waals surface area contributed by atoms with Crippen molar-refractivity contribution in [2.24, 2.45) is 0 Å². The van der Waals surface area contributed by atoms with E-state index in [2.05, 4.69) is 29.4 Å². The van der Waals surface area contributed by atoms with E-state index in [1.165, 1.54) is 0 Å². The predicted molar refractivity (Wildman–Crippen MR) is 76.3 cm³/mol. The zero-order valence-electron chi connectivity index (χ0n) is 11.1. The molecule has 1 aliphatic heterocycles. The Hall–Kier alpha value is -0.0300. The highest BCUT2D eigenvalue weighted by atomic mass is 35.5. The van der Waals surface area contributed by atoms with Crippen molar-refractivity contribution in [2.75, 3.05) is 27.2 Å². The summed E-state index contributed by atoms with van der Waals surface area (Å²) in [7, 11) is 4.06. The number of hydrogen-bond acceptors (Lipinski definition) is 3. The van der Waals surface area contributed by atoms with Crippen LogP contribution in [-0.4, -0.2) is 49.6 Å². The molecule has 0 spiro atoms.